The van der Waals surface area contributed by atoms with Gasteiger partial charge in [0.15, 0.2) is 0 Å². The van der Waals surface area contributed by atoms with Crippen molar-refractivity contribution >= 4 is 23.3 Å². The van der Waals surface area contributed by atoms with Gasteiger partial charge in [-0.1, -0.05) is 35.9 Å². The molecule has 3 unspecified atom stereocenters. The van der Waals surface area contributed by atoms with E-state index in [4.69, 9.17) is 21.4 Å². The second-order valence-corrected chi connectivity index (χ2v) is 7.98. The number of amides is 2. The van der Waals surface area contributed by atoms with Crippen molar-refractivity contribution in [2.24, 2.45) is 0 Å². The van der Waals surface area contributed by atoms with Gasteiger partial charge in [-0.25, -0.2) is 9.18 Å². The molecule has 0 saturated carbocycles. The summed E-state index contributed by atoms with van der Waals surface area (Å²) >= 11 is 5.97. The summed E-state index contributed by atoms with van der Waals surface area (Å²) in [6, 6.07) is 10.9. The van der Waals surface area contributed by atoms with Gasteiger partial charge in [-0.15, -0.1) is 0 Å². The molecule has 2 amide bonds. The van der Waals surface area contributed by atoms with Gasteiger partial charge >= 0.3 is 6.03 Å². The van der Waals surface area contributed by atoms with Crippen LogP contribution in [0, 0.1) is 5.82 Å². The van der Waals surface area contributed by atoms with Crippen LogP contribution in [0.1, 0.15) is 31.1 Å². The number of hydrogen-bond donors (Lipinski definition) is 2. The van der Waals surface area contributed by atoms with Gasteiger partial charge in [0.1, 0.15) is 11.9 Å². The van der Waals surface area contributed by atoms with Crippen molar-refractivity contribution in [1.82, 2.24) is 4.90 Å². The highest BCUT2D eigenvalue weighted by molar-refractivity contribution is 6.31. The summed E-state index contributed by atoms with van der Waals surface area (Å²) in [5, 5.41) is 18.8. The number of rotatable bonds is 5. The molecule has 2 aromatic rings. The number of benzene rings is 2. The molecular formula is C22H26ClFN2O4. The number of morpholine rings is 1. The largest absolute Gasteiger partial charge is 0.393 e. The van der Waals surface area contributed by atoms with E-state index in [-0.39, 0.29) is 36.4 Å². The Bertz CT molecular complexity index is 870. The second kappa shape index (κ2) is 9.75. The third-order valence-corrected chi connectivity index (χ3v) is 5.30. The molecule has 0 spiro atoms. The number of carbonyl (C=O) groups excluding carboxylic acids is 1. The highest BCUT2D eigenvalue weighted by Crippen LogP contribution is 2.26. The molecule has 1 aliphatic heterocycles. The summed E-state index contributed by atoms with van der Waals surface area (Å²) in [7, 11) is 0. The maximum atomic E-state index is 13.7. The maximum Gasteiger partial charge on any atom is 0.324 e. The van der Waals surface area contributed by atoms with Gasteiger partial charge in [0, 0.05) is 18.8 Å². The Morgan fingerprint density at radius 2 is 1.87 bits per heavy atom. The van der Waals surface area contributed by atoms with Crippen molar-refractivity contribution in [3.63, 3.8) is 0 Å². The maximum absolute atomic E-state index is 13.7. The van der Waals surface area contributed by atoms with Crippen LogP contribution in [0.5, 0.6) is 0 Å². The highest BCUT2D eigenvalue weighted by atomic mass is 35.5. The van der Waals surface area contributed by atoms with Crippen LogP contribution in [-0.4, -0.2) is 53.0 Å². The molecule has 0 aliphatic carbocycles. The lowest BCUT2D eigenvalue weighted by Gasteiger charge is -2.38. The molecule has 1 aliphatic rings. The molecule has 6 nitrogen and oxygen atoms in total. The van der Waals surface area contributed by atoms with Gasteiger partial charge in [0.25, 0.3) is 0 Å². The zero-order chi connectivity index (χ0) is 21.8. The number of aliphatic hydroxyl groups excluding tert-OH is 2. The van der Waals surface area contributed by atoms with Crippen molar-refractivity contribution in [1.29, 1.82) is 0 Å². The van der Waals surface area contributed by atoms with Crippen LogP contribution in [-0.2, 0) is 11.3 Å². The van der Waals surface area contributed by atoms with Crippen molar-refractivity contribution < 1.29 is 24.1 Å². The van der Waals surface area contributed by atoms with E-state index in [1.807, 2.05) is 13.8 Å². The number of aliphatic hydroxyl groups is 2. The molecule has 2 aromatic carbocycles. The molecule has 1 fully saturated rings. The minimum atomic E-state index is -0.955. The Balaban J connectivity index is 1.89. The quantitative estimate of drug-likeness (QED) is 0.748. The van der Waals surface area contributed by atoms with Crippen molar-refractivity contribution in [2.45, 2.75) is 38.7 Å². The summed E-state index contributed by atoms with van der Waals surface area (Å²) in [6.07, 6.45) is -1.13. The topological polar surface area (TPSA) is 73.2 Å². The number of nitrogens with zero attached hydrogens (tertiary/aromatic N) is 2. The fourth-order valence-corrected chi connectivity index (χ4v) is 3.74. The van der Waals surface area contributed by atoms with Crippen molar-refractivity contribution in [3.05, 3.63) is 64.4 Å². The zero-order valence-corrected chi connectivity index (χ0v) is 17.7. The first-order valence-electron chi connectivity index (χ1n) is 9.83. The predicted octanol–water partition coefficient (Wildman–Crippen LogP) is 3.74. The van der Waals surface area contributed by atoms with E-state index in [9.17, 15) is 14.3 Å². The number of ether oxygens (including phenoxy) is 1. The summed E-state index contributed by atoms with van der Waals surface area (Å²) < 4.78 is 19.4. The third-order valence-electron chi connectivity index (χ3n) is 5.01. The normalized spacial score (nSPS) is 20.1. The molecular weight excluding hydrogens is 411 g/mol. The molecule has 2 N–H and O–H groups in total. The van der Waals surface area contributed by atoms with E-state index >= 15 is 0 Å². The zero-order valence-electron chi connectivity index (χ0n) is 17.0. The number of urea groups is 1. The lowest BCUT2D eigenvalue weighted by atomic mass is 10.1. The van der Waals surface area contributed by atoms with Crippen LogP contribution in [0.4, 0.5) is 14.9 Å². The Morgan fingerprint density at radius 1 is 1.23 bits per heavy atom. The number of anilines is 1. The molecule has 1 heterocycles. The Labute approximate surface area is 180 Å². The van der Waals surface area contributed by atoms with Crippen LogP contribution in [0.3, 0.4) is 0 Å². The van der Waals surface area contributed by atoms with Crippen LogP contribution < -0.4 is 4.90 Å². The van der Waals surface area contributed by atoms with Crippen LogP contribution in [0.2, 0.25) is 5.02 Å². The van der Waals surface area contributed by atoms with Crippen molar-refractivity contribution in [3.8, 4) is 0 Å². The van der Waals surface area contributed by atoms with Crippen molar-refractivity contribution in [2.75, 3.05) is 24.6 Å². The second-order valence-electron chi connectivity index (χ2n) is 7.57. The third kappa shape index (κ3) is 5.29. The molecule has 1 saturated heterocycles. The summed E-state index contributed by atoms with van der Waals surface area (Å²) in [5.74, 6) is -0.552. The molecule has 3 atom stereocenters. The average Bonchev–Trinajstić information content (AvgIpc) is 2.72. The summed E-state index contributed by atoms with van der Waals surface area (Å²) in [6.45, 7) is 4.61. The monoisotopic (exact) mass is 436 g/mol. The molecule has 8 heteroatoms. The van der Waals surface area contributed by atoms with E-state index < -0.39 is 11.9 Å². The van der Waals surface area contributed by atoms with E-state index in [1.165, 1.54) is 18.2 Å². The van der Waals surface area contributed by atoms with Gasteiger partial charge in [-0.05, 0) is 43.2 Å². The van der Waals surface area contributed by atoms with E-state index in [0.29, 0.717) is 24.3 Å². The first kappa shape index (κ1) is 22.5. The van der Waals surface area contributed by atoms with Crippen LogP contribution in [0.15, 0.2) is 42.5 Å². The van der Waals surface area contributed by atoms with Crippen LogP contribution in [0.25, 0.3) is 0 Å². The summed E-state index contributed by atoms with van der Waals surface area (Å²) in [5.41, 5.74) is 1.88. The first-order chi connectivity index (χ1) is 14.3. The Hall–Kier alpha value is -2.19. The minimum absolute atomic E-state index is 0.0598. The van der Waals surface area contributed by atoms with Crippen LogP contribution >= 0.6 is 11.6 Å². The smallest absolute Gasteiger partial charge is 0.324 e. The first-order valence-corrected chi connectivity index (χ1v) is 10.2. The van der Waals surface area contributed by atoms with E-state index in [1.54, 1.807) is 34.1 Å². The van der Waals surface area contributed by atoms with Gasteiger partial charge in [0.2, 0.25) is 0 Å². The standard InChI is InChI=1S/C22H26ClFN2O4/c1-14-10-25(11-15(2)30-14)22(29)26(18-7-8-20(24)19(23)9-18)12-16-3-5-17(6-4-16)21(28)13-27/h3-9,14-15,21,27-28H,10-13H2,1-2H3. The van der Waals surface area contributed by atoms with Gasteiger partial charge in [-0.3, -0.25) is 4.90 Å². The fraction of sp³-hybridized carbons (Fsp3) is 0.409. The lowest BCUT2D eigenvalue weighted by molar-refractivity contribution is -0.0537. The average molecular weight is 437 g/mol. The number of carbonyl (C=O) groups is 1. The fourth-order valence-electron chi connectivity index (χ4n) is 3.56. The van der Waals surface area contributed by atoms with E-state index in [0.717, 1.165) is 5.56 Å². The highest BCUT2D eigenvalue weighted by Gasteiger charge is 2.30. The SMILES string of the molecule is CC1CN(C(=O)N(Cc2ccc(C(O)CO)cc2)c2ccc(F)c(Cl)c2)CC(C)O1. The van der Waals surface area contributed by atoms with Gasteiger partial charge in [-0.2, -0.15) is 0 Å². The Morgan fingerprint density at radius 3 is 2.43 bits per heavy atom. The molecule has 0 aromatic heterocycles. The lowest BCUT2D eigenvalue weighted by Crippen LogP contribution is -2.52. The van der Waals surface area contributed by atoms with Gasteiger partial charge < -0.3 is 19.8 Å². The minimum Gasteiger partial charge on any atom is -0.393 e. The Kier molecular flexibility index (Phi) is 7.31. The molecule has 0 radical (unpaired) electrons. The molecule has 3 rings (SSSR count). The number of halogens is 2. The summed E-state index contributed by atoms with van der Waals surface area (Å²) in [4.78, 5) is 16.7. The molecule has 0 bridgehead atoms. The van der Waals surface area contributed by atoms with Gasteiger partial charge in [0.05, 0.1) is 30.4 Å². The predicted molar refractivity (Wildman–Crippen MR) is 113 cm³/mol. The molecule has 30 heavy (non-hydrogen) atoms. The van der Waals surface area contributed by atoms with E-state index in [2.05, 4.69) is 0 Å². The molecule has 162 valence electrons. The number of hydrogen-bond acceptors (Lipinski definition) is 4.